The highest BCUT2D eigenvalue weighted by Crippen LogP contribution is 2.33. The van der Waals surface area contributed by atoms with Crippen LogP contribution >= 0.6 is 38.5 Å². The van der Waals surface area contributed by atoms with Crippen LogP contribution in [0, 0.1) is 3.57 Å². The summed E-state index contributed by atoms with van der Waals surface area (Å²) in [5.41, 5.74) is 0.609. The predicted molar refractivity (Wildman–Crippen MR) is 77.2 cm³/mol. The van der Waals surface area contributed by atoms with Gasteiger partial charge >= 0.3 is 0 Å². The van der Waals surface area contributed by atoms with Crippen LogP contribution in [-0.2, 0) is 14.3 Å². The van der Waals surface area contributed by atoms with Gasteiger partial charge in [0.25, 0.3) is 11.8 Å². The van der Waals surface area contributed by atoms with Gasteiger partial charge in [0, 0.05) is 8.04 Å². The molecule has 94 valence electrons. The molecule has 18 heavy (non-hydrogen) atoms. The zero-order valence-electron chi connectivity index (χ0n) is 9.23. The summed E-state index contributed by atoms with van der Waals surface area (Å²) in [6.07, 6.45) is 0.366. The van der Waals surface area contributed by atoms with Gasteiger partial charge in [-0.3, -0.25) is 9.59 Å². The number of ether oxygens (including phenoxy) is 1. The van der Waals surface area contributed by atoms with Gasteiger partial charge in [0.2, 0.25) is 0 Å². The summed E-state index contributed by atoms with van der Waals surface area (Å²) in [7, 11) is 0. The second-order valence-electron chi connectivity index (χ2n) is 4.30. The van der Waals surface area contributed by atoms with E-state index in [4.69, 9.17) is 4.74 Å². The van der Waals surface area contributed by atoms with Crippen molar-refractivity contribution in [3.05, 3.63) is 26.2 Å². The molecule has 0 aromatic heterocycles. The molecule has 1 aromatic carbocycles. The third kappa shape index (κ3) is 1.90. The average Bonchev–Trinajstić information content (AvgIpc) is 2.78. The third-order valence-corrected chi connectivity index (χ3v) is 5.51. The molecule has 2 heterocycles. The van der Waals surface area contributed by atoms with Crippen LogP contribution < -0.4 is 4.90 Å². The molecule has 2 amide bonds. The van der Waals surface area contributed by atoms with Gasteiger partial charge in [-0.2, -0.15) is 0 Å². The number of halogens is 2. The number of fused-ring (bicyclic) bond motifs is 2. The Bertz CT molecular complexity index is 526. The van der Waals surface area contributed by atoms with Crippen molar-refractivity contribution in [3.8, 4) is 0 Å². The van der Waals surface area contributed by atoms with Crippen molar-refractivity contribution in [2.24, 2.45) is 0 Å². The number of nitrogens with zero attached hydrogens (tertiary/aromatic N) is 1. The molecular formula is C12H9BrINO3. The first kappa shape index (κ1) is 12.6. The fraction of sp³-hybridized carbons (Fsp3) is 0.333. The molecule has 0 N–H and O–H groups in total. The van der Waals surface area contributed by atoms with Crippen molar-refractivity contribution < 1.29 is 14.3 Å². The fourth-order valence-corrected chi connectivity index (χ4v) is 2.98. The van der Waals surface area contributed by atoms with E-state index in [1.165, 1.54) is 4.90 Å². The Balaban J connectivity index is 2.02. The number of rotatable bonds is 1. The van der Waals surface area contributed by atoms with E-state index in [2.05, 4.69) is 38.5 Å². The summed E-state index contributed by atoms with van der Waals surface area (Å²) in [6, 6.07) is 5.45. The summed E-state index contributed by atoms with van der Waals surface area (Å²) in [5, 5.41) is 0. The Morgan fingerprint density at radius 2 is 1.83 bits per heavy atom. The smallest absolute Gasteiger partial charge is 0.262 e. The van der Waals surface area contributed by atoms with Gasteiger partial charge < -0.3 is 4.74 Å². The largest absolute Gasteiger partial charge is 0.355 e. The highest BCUT2D eigenvalue weighted by molar-refractivity contribution is 14.1. The van der Waals surface area contributed by atoms with Crippen LogP contribution in [0.5, 0.6) is 0 Å². The SMILES string of the molecule is O=C1C2CCC(O2)C(=O)N1c1ccc(I)c(Br)c1. The Hall–Kier alpha value is -0.470. The molecule has 0 spiro atoms. The Labute approximate surface area is 126 Å². The van der Waals surface area contributed by atoms with Crippen molar-refractivity contribution in [1.82, 2.24) is 0 Å². The van der Waals surface area contributed by atoms with Gasteiger partial charge in [-0.1, -0.05) is 0 Å². The van der Waals surface area contributed by atoms with Gasteiger partial charge in [-0.25, -0.2) is 4.90 Å². The quantitative estimate of drug-likeness (QED) is 0.517. The molecule has 6 heteroatoms. The van der Waals surface area contributed by atoms with Crippen LogP contribution in [0.2, 0.25) is 0 Å². The molecule has 2 saturated heterocycles. The highest BCUT2D eigenvalue weighted by atomic mass is 127. The number of hydrogen-bond donors (Lipinski definition) is 0. The van der Waals surface area contributed by atoms with E-state index in [0.29, 0.717) is 18.5 Å². The molecule has 0 radical (unpaired) electrons. The number of carbonyl (C=O) groups excluding carboxylic acids is 2. The Morgan fingerprint density at radius 1 is 1.22 bits per heavy atom. The molecule has 2 fully saturated rings. The van der Waals surface area contributed by atoms with Crippen molar-refractivity contribution in [2.75, 3.05) is 4.90 Å². The topological polar surface area (TPSA) is 46.6 Å². The summed E-state index contributed by atoms with van der Waals surface area (Å²) in [6.45, 7) is 0. The van der Waals surface area contributed by atoms with Crippen molar-refractivity contribution >= 4 is 56.0 Å². The molecule has 2 aliphatic heterocycles. The first-order chi connectivity index (χ1) is 8.58. The van der Waals surface area contributed by atoms with Gasteiger partial charge in [0.1, 0.15) is 12.2 Å². The van der Waals surface area contributed by atoms with E-state index in [0.717, 1.165) is 8.04 Å². The minimum absolute atomic E-state index is 0.248. The second kappa shape index (κ2) is 4.57. The lowest BCUT2D eigenvalue weighted by Gasteiger charge is -2.30. The van der Waals surface area contributed by atoms with E-state index in [-0.39, 0.29) is 11.8 Å². The summed E-state index contributed by atoms with van der Waals surface area (Å²) in [5.74, 6) is -0.497. The van der Waals surface area contributed by atoms with Crippen molar-refractivity contribution in [3.63, 3.8) is 0 Å². The lowest BCUT2D eigenvalue weighted by Crippen LogP contribution is -2.52. The molecule has 0 saturated carbocycles. The summed E-state index contributed by atoms with van der Waals surface area (Å²) in [4.78, 5) is 25.6. The van der Waals surface area contributed by atoms with Crippen LogP contribution in [0.25, 0.3) is 0 Å². The highest BCUT2D eigenvalue weighted by Gasteiger charge is 2.47. The van der Waals surface area contributed by atoms with E-state index < -0.39 is 12.2 Å². The van der Waals surface area contributed by atoms with E-state index in [1.807, 2.05) is 6.07 Å². The van der Waals surface area contributed by atoms with Gasteiger partial charge in [-0.15, -0.1) is 0 Å². The Kier molecular flexibility index (Phi) is 3.19. The molecule has 2 aliphatic rings. The molecular weight excluding hydrogens is 413 g/mol. The second-order valence-corrected chi connectivity index (χ2v) is 6.32. The van der Waals surface area contributed by atoms with Crippen LogP contribution in [0.3, 0.4) is 0 Å². The lowest BCUT2D eigenvalue weighted by molar-refractivity contribution is -0.146. The molecule has 3 rings (SSSR count). The third-order valence-electron chi connectivity index (χ3n) is 3.17. The Morgan fingerprint density at radius 3 is 2.39 bits per heavy atom. The number of amides is 2. The maximum absolute atomic E-state index is 12.2. The van der Waals surface area contributed by atoms with E-state index >= 15 is 0 Å². The van der Waals surface area contributed by atoms with Gasteiger partial charge in [0.15, 0.2) is 0 Å². The van der Waals surface area contributed by atoms with Gasteiger partial charge in [0.05, 0.1) is 5.69 Å². The molecule has 2 unspecified atom stereocenters. The lowest BCUT2D eigenvalue weighted by atomic mass is 10.2. The standard InChI is InChI=1S/C12H9BrINO3/c13-7-5-6(1-2-8(7)14)15-11(16)9-3-4-10(18-9)12(15)17/h1-2,5,9-10H,3-4H2. The maximum Gasteiger partial charge on any atom is 0.262 e. The number of carbonyl (C=O) groups is 2. The normalized spacial score (nSPS) is 26.9. The van der Waals surface area contributed by atoms with Gasteiger partial charge in [-0.05, 0) is 69.6 Å². The van der Waals surface area contributed by atoms with E-state index in [1.54, 1.807) is 12.1 Å². The molecule has 2 atom stereocenters. The van der Waals surface area contributed by atoms with Crippen LogP contribution in [0.4, 0.5) is 5.69 Å². The summed E-state index contributed by atoms with van der Waals surface area (Å²) < 4.78 is 7.28. The van der Waals surface area contributed by atoms with Crippen molar-refractivity contribution in [2.45, 2.75) is 25.0 Å². The molecule has 2 bridgehead atoms. The molecule has 0 aliphatic carbocycles. The average molecular weight is 422 g/mol. The maximum atomic E-state index is 12.2. The number of morpholine rings is 1. The first-order valence-electron chi connectivity index (χ1n) is 5.56. The van der Waals surface area contributed by atoms with Crippen LogP contribution in [0.15, 0.2) is 22.7 Å². The van der Waals surface area contributed by atoms with Crippen LogP contribution in [0.1, 0.15) is 12.8 Å². The molecule has 1 aromatic rings. The predicted octanol–water partition coefficient (Wildman–Crippen LogP) is 2.47. The molecule has 4 nitrogen and oxygen atoms in total. The number of imide groups is 1. The minimum Gasteiger partial charge on any atom is -0.355 e. The minimum atomic E-state index is -0.453. The summed E-state index contributed by atoms with van der Waals surface area (Å²) >= 11 is 5.59. The zero-order chi connectivity index (χ0) is 12.9. The van der Waals surface area contributed by atoms with Crippen molar-refractivity contribution in [1.29, 1.82) is 0 Å². The van der Waals surface area contributed by atoms with E-state index in [9.17, 15) is 9.59 Å². The first-order valence-corrected chi connectivity index (χ1v) is 7.43. The van der Waals surface area contributed by atoms with Crippen LogP contribution in [-0.4, -0.2) is 24.0 Å². The fourth-order valence-electron chi connectivity index (χ4n) is 2.28. The zero-order valence-corrected chi connectivity index (χ0v) is 13.0. The number of hydrogen-bond acceptors (Lipinski definition) is 3. The number of benzene rings is 1. The number of anilines is 1. The monoisotopic (exact) mass is 421 g/mol.